The normalized spacial score (nSPS) is 13.7. The van der Waals surface area contributed by atoms with Crippen molar-refractivity contribution < 1.29 is 14.7 Å². The van der Waals surface area contributed by atoms with Crippen LogP contribution in [0, 0.1) is 13.8 Å². The van der Waals surface area contributed by atoms with E-state index >= 15 is 0 Å². The molecule has 19 heavy (non-hydrogen) atoms. The summed E-state index contributed by atoms with van der Waals surface area (Å²) >= 11 is 0. The van der Waals surface area contributed by atoms with Gasteiger partial charge in [0.05, 0.1) is 0 Å². The lowest BCUT2D eigenvalue weighted by atomic mass is 9.88. The van der Waals surface area contributed by atoms with Crippen LogP contribution in [-0.2, 0) is 15.1 Å². The van der Waals surface area contributed by atoms with Crippen molar-refractivity contribution in [3.63, 3.8) is 0 Å². The van der Waals surface area contributed by atoms with Crippen LogP contribution in [0.2, 0.25) is 0 Å². The molecule has 1 N–H and O–H groups in total. The Labute approximate surface area is 114 Å². The highest BCUT2D eigenvalue weighted by Gasteiger charge is 2.42. The van der Waals surface area contributed by atoms with Gasteiger partial charge in [-0.05, 0) is 44.4 Å². The van der Waals surface area contributed by atoms with Gasteiger partial charge in [-0.15, -0.1) is 0 Å². The predicted molar refractivity (Wildman–Crippen MR) is 74.0 cm³/mol. The van der Waals surface area contributed by atoms with Crippen molar-refractivity contribution in [1.29, 1.82) is 0 Å². The number of aliphatic carboxylic acids is 1. The smallest absolute Gasteiger partial charge is 0.334 e. The van der Waals surface area contributed by atoms with E-state index in [2.05, 4.69) is 0 Å². The van der Waals surface area contributed by atoms with E-state index in [-0.39, 0.29) is 5.91 Å². The Morgan fingerprint density at radius 2 is 1.84 bits per heavy atom. The summed E-state index contributed by atoms with van der Waals surface area (Å²) in [5, 5.41) is 9.60. The highest BCUT2D eigenvalue weighted by molar-refractivity contribution is 5.87. The maximum atomic E-state index is 11.7. The zero-order chi connectivity index (χ0) is 14.8. The molecule has 1 rings (SSSR count). The lowest BCUT2D eigenvalue weighted by Gasteiger charge is -2.37. The Balaban J connectivity index is 3.45. The van der Waals surface area contributed by atoms with Crippen molar-refractivity contribution in [2.45, 2.75) is 40.2 Å². The third-order valence-electron chi connectivity index (χ3n) is 3.72. The molecule has 1 unspecified atom stereocenters. The Kier molecular flexibility index (Phi) is 4.35. The van der Waals surface area contributed by atoms with Crippen molar-refractivity contribution in [3.8, 4) is 0 Å². The second-order valence-electron chi connectivity index (χ2n) is 4.94. The third-order valence-corrected chi connectivity index (χ3v) is 3.72. The second-order valence-corrected chi connectivity index (χ2v) is 4.94. The molecule has 0 aliphatic rings. The first-order chi connectivity index (χ1) is 8.75. The Morgan fingerprint density at radius 3 is 2.21 bits per heavy atom. The summed E-state index contributed by atoms with van der Waals surface area (Å²) < 4.78 is 0. The van der Waals surface area contributed by atoms with Crippen molar-refractivity contribution in [2.75, 3.05) is 6.54 Å². The van der Waals surface area contributed by atoms with Crippen LogP contribution in [0.3, 0.4) is 0 Å². The van der Waals surface area contributed by atoms with Crippen molar-refractivity contribution >= 4 is 11.9 Å². The van der Waals surface area contributed by atoms with Gasteiger partial charge < -0.3 is 10.0 Å². The summed E-state index contributed by atoms with van der Waals surface area (Å²) in [6.07, 6.45) is 0. The van der Waals surface area contributed by atoms with E-state index in [4.69, 9.17) is 0 Å². The molecule has 1 aromatic carbocycles. The number of hydrogen-bond acceptors (Lipinski definition) is 2. The Morgan fingerprint density at radius 1 is 1.26 bits per heavy atom. The van der Waals surface area contributed by atoms with Gasteiger partial charge in [0.1, 0.15) is 0 Å². The lowest BCUT2D eigenvalue weighted by Crippen LogP contribution is -2.52. The molecule has 0 bridgehead atoms. The van der Waals surface area contributed by atoms with Gasteiger partial charge in [0.25, 0.3) is 0 Å². The molecule has 0 aliphatic carbocycles. The van der Waals surface area contributed by atoms with Gasteiger partial charge in [-0.25, -0.2) is 4.79 Å². The monoisotopic (exact) mass is 263 g/mol. The van der Waals surface area contributed by atoms with Crippen LogP contribution in [0.15, 0.2) is 18.2 Å². The second kappa shape index (κ2) is 5.43. The number of aryl methyl sites for hydroxylation is 2. The molecule has 0 aliphatic heterocycles. The number of likely N-dealkylation sites (N-methyl/N-ethyl adjacent to an activating group) is 1. The number of hydrogen-bond donors (Lipinski definition) is 1. The number of carbonyl (C=O) groups excluding carboxylic acids is 1. The highest BCUT2D eigenvalue weighted by atomic mass is 16.4. The first kappa shape index (κ1) is 15.2. The van der Waals surface area contributed by atoms with Gasteiger partial charge in [-0.3, -0.25) is 4.79 Å². The van der Waals surface area contributed by atoms with Crippen molar-refractivity contribution in [3.05, 3.63) is 34.9 Å². The van der Waals surface area contributed by atoms with Gasteiger partial charge in [0, 0.05) is 13.5 Å². The number of carbonyl (C=O) groups is 2. The lowest BCUT2D eigenvalue weighted by molar-refractivity contribution is -0.158. The first-order valence-electron chi connectivity index (χ1n) is 6.34. The summed E-state index contributed by atoms with van der Waals surface area (Å²) in [5.41, 5.74) is 1.41. The molecule has 0 fully saturated rings. The number of amides is 1. The van der Waals surface area contributed by atoms with E-state index in [9.17, 15) is 14.7 Å². The fraction of sp³-hybridized carbons (Fsp3) is 0.467. The van der Waals surface area contributed by atoms with E-state index in [1.807, 2.05) is 26.0 Å². The standard InChI is InChI=1S/C15H21NO3/c1-6-16(12(4)17)15(5,14(18)19)13-8-7-10(2)11(3)9-13/h7-9H,6H2,1-5H3,(H,18,19). The quantitative estimate of drug-likeness (QED) is 0.908. The number of nitrogens with zero attached hydrogens (tertiary/aromatic N) is 1. The maximum Gasteiger partial charge on any atom is 0.334 e. The Bertz CT molecular complexity index is 510. The van der Waals surface area contributed by atoms with Crippen LogP contribution < -0.4 is 0 Å². The molecule has 1 aromatic rings. The van der Waals surface area contributed by atoms with Crippen LogP contribution in [0.25, 0.3) is 0 Å². The molecule has 1 amide bonds. The molecule has 0 radical (unpaired) electrons. The fourth-order valence-electron chi connectivity index (χ4n) is 2.29. The summed E-state index contributed by atoms with van der Waals surface area (Å²) in [6, 6.07) is 5.51. The van der Waals surface area contributed by atoms with E-state index in [1.54, 1.807) is 19.9 Å². The molecule has 4 heteroatoms. The topological polar surface area (TPSA) is 57.6 Å². The molecule has 4 nitrogen and oxygen atoms in total. The molecule has 0 aromatic heterocycles. The molecular weight excluding hydrogens is 242 g/mol. The summed E-state index contributed by atoms with van der Waals surface area (Å²) in [7, 11) is 0. The third kappa shape index (κ3) is 2.62. The van der Waals surface area contributed by atoms with Gasteiger partial charge in [-0.1, -0.05) is 18.2 Å². The number of carboxylic acid groups (broad SMARTS) is 1. The fourth-order valence-corrected chi connectivity index (χ4v) is 2.29. The number of rotatable bonds is 4. The average Bonchev–Trinajstić information content (AvgIpc) is 2.32. The largest absolute Gasteiger partial charge is 0.479 e. The molecule has 0 saturated heterocycles. The average molecular weight is 263 g/mol. The van der Waals surface area contributed by atoms with E-state index < -0.39 is 11.5 Å². The van der Waals surface area contributed by atoms with E-state index in [0.29, 0.717) is 12.1 Å². The summed E-state index contributed by atoms with van der Waals surface area (Å²) in [6.45, 7) is 9.01. The molecular formula is C15H21NO3. The van der Waals surface area contributed by atoms with Gasteiger partial charge >= 0.3 is 5.97 Å². The zero-order valence-corrected chi connectivity index (χ0v) is 12.2. The van der Waals surface area contributed by atoms with Crippen LogP contribution in [0.5, 0.6) is 0 Å². The first-order valence-corrected chi connectivity index (χ1v) is 6.34. The van der Waals surface area contributed by atoms with Gasteiger partial charge in [0.2, 0.25) is 5.91 Å². The minimum Gasteiger partial charge on any atom is -0.479 e. The van der Waals surface area contributed by atoms with E-state index in [0.717, 1.165) is 11.1 Å². The van der Waals surface area contributed by atoms with Crippen LogP contribution in [0.1, 0.15) is 37.5 Å². The highest BCUT2D eigenvalue weighted by Crippen LogP contribution is 2.30. The van der Waals surface area contributed by atoms with Gasteiger partial charge in [-0.2, -0.15) is 0 Å². The minimum atomic E-state index is -1.33. The number of benzene rings is 1. The Hall–Kier alpha value is -1.84. The summed E-state index contributed by atoms with van der Waals surface area (Å²) in [5.74, 6) is -1.27. The number of carboxylic acids is 1. The molecule has 0 saturated carbocycles. The van der Waals surface area contributed by atoms with Crippen LogP contribution in [0.4, 0.5) is 0 Å². The molecule has 0 heterocycles. The van der Waals surface area contributed by atoms with Gasteiger partial charge in [0.15, 0.2) is 5.54 Å². The maximum absolute atomic E-state index is 11.7. The summed E-state index contributed by atoms with van der Waals surface area (Å²) in [4.78, 5) is 24.8. The van der Waals surface area contributed by atoms with Crippen molar-refractivity contribution in [2.24, 2.45) is 0 Å². The SMILES string of the molecule is CCN(C(C)=O)C(C)(C(=O)O)c1ccc(C)c(C)c1. The molecule has 104 valence electrons. The van der Waals surface area contributed by atoms with Crippen LogP contribution in [-0.4, -0.2) is 28.4 Å². The predicted octanol–water partition coefficient (Wildman–Crippen LogP) is 2.47. The van der Waals surface area contributed by atoms with Crippen molar-refractivity contribution in [1.82, 2.24) is 4.90 Å². The van der Waals surface area contributed by atoms with Crippen LogP contribution >= 0.6 is 0 Å². The molecule has 1 atom stereocenters. The molecule has 0 spiro atoms. The minimum absolute atomic E-state index is 0.245. The zero-order valence-electron chi connectivity index (χ0n) is 12.2. The van der Waals surface area contributed by atoms with E-state index in [1.165, 1.54) is 11.8 Å².